The van der Waals surface area contributed by atoms with Gasteiger partial charge in [-0.25, -0.2) is 9.59 Å². The van der Waals surface area contributed by atoms with Crippen LogP contribution >= 0.6 is 0 Å². The van der Waals surface area contributed by atoms with Gasteiger partial charge in [-0.3, -0.25) is 28.5 Å². The molecular formula is C29H34N8O4. The lowest BCUT2D eigenvalue weighted by Crippen LogP contribution is -2.49. The Kier molecular flexibility index (Phi) is 7.53. The van der Waals surface area contributed by atoms with Gasteiger partial charge in [-0.15, -0.1) is 5.92 Å². The number of rotatable bonds is 5. The number of nitrogens with one attached hydrogen (secondary N) is 1. The molecule has 5 rings (SSSR count). The van der Waals surface area contributed by atoms with E-state index < -0.39 is 22.9 Å². The number of aryl methyl sites for hydroxylation is 1. The number of carbonyl (C=O) groups excluding carboxylic acids is 1. The molecular weight excluding hydrogens is 524 g/mol. The van der Waals surface area contributed by atoms with Crippen molar-refractivity contribution in [1.82, 2.24) is 34.0 Å². The summed E-state index contributed by atoms with van der Waals surface area (Å²) in [4.78, 5) is 55.2. The molecule has 0 saturated carbocycles. The molecule has 41 heavy (non-hydrogen) atoms. The number of hydrogen-bond donors (Lipinski definition) is 1. The molecule has 4 heterocycles. The fourth-order valence-corrected chi connectivity index (χ4v) is 5.09. The molecule has 1 atom stereocenters. The summed E-state index contributed by atoms with van der Waals surface area (Å²) in [5, 5.41) is 2.95. The smallest absolute Gasteiger partial charge is 0.407 e. The average molecular weight is 559 g/mol. The van der Waals surface area contributed by atoms with E-state index in [4.69, 9.17) is 9.72 Å². The number of anilines is 1. The fourth-order valence-electron chi connectivity index (χ4n) is 5.09. The first-order valence-electron chi connectivity index (χ1n) is 13.6. The van der Waals surface area contributed by atoms with Crippen molar-refractivity contribution in [3.8, 4) is 11.8 Å². The van der Waals surface area contributed by atoms with Gasteiger partial charge in [0.05, 0.1) is 24.1 Å². The van der Waals surface area contributed by atoms with Crippen LogP contribution in [0.1, 0.15) is 46.1 Å². The summed E-state index contributed by atoms with van der Waals surface area (Å²) in [5.74, 6) is 6.47. The second-order valence-electron chi connectivity index (χ2n) is 11.1. The van der Waals surface area contributed by atoms with E-state index in [2.05, 4.69) is 27.1 Å². The number of fused-ring (bicyclic) bond motifs is 2. The van der Waals surface area contributed by atoms with Crippen LogP contribution in [0.5, 0.6) is 0 Å². The van der Waals surface area contributed by atoms with Crippen LogP contribution in [0.25, 0.3) is 22.2 Å². The second kappa shape index (κ2) is 11.1. The van der Waals surface area contributed by atoms with E-state index in [0.29, 0.717) is 30.1 Å². The summed E-state index contributed by atoms with van der Waals surface area (Å²) in [5.41, 5.74) is 1.24. The molecule has 0 radical (unpaired) electrons. The van der Waals surface area contributed by atoms with E-state index in [0.717, 1.165) is 23.9 Å². The summed E-state index contributed by atoms with van der Waals surface area (Å²) in [6, 6.07) is 5.32. The van der Waals surface area contributed by atoms with Gasteiger partial charge in [0.2, 0.25) is 5.95 Å². The van der Waals surface area contributed by atoms with E-state index >= 15 is 0 Å². The Labute approximate surface area is 237 Å². The third kappa shape index (κ3) is 5.79. The highest BCUT2D eigenvalue weighted by molar-refractivity contribution is 5.76. The number of nitrogens with zero attached hydrogens (tertiary/aromatic N) is 7. The maximum Gasteiger partial charge on any atom is 0.407 e. The largest absolute Gasteiger partial charge is 0.444 e. The maximum absolute atomic E-state index is 13.9. The zero-order chi connectivity index (χ0) is 29.3. The molecule has 1 unspecified atom stereocenters. The molecule has 4 aromatic rings. The standard InChI is InChI=1S/C29H34N8O4/c1-6-7-15-36-23-24(33-26(36)35-14-8-9-20(18-35)32-27(39)41-29(2,3)4)34(5)28(40)37(25(23)38)17-19-10-11-21-22(16-19)31-13-12-30-21/h10-13,16,20H,8-9,14-15,17-18H2,1-5H3,(H,32,39). The minimum absolute atomic E-state index is 0.0690. The minimum atomic E-state index is -0.601. The molecule has 1 aliphatic heterocycles. The van der Waals surface area contributed by atoms with E-state index in [-0.39, 0.29) is 24.8 Å². The van der Waals surface area contributed by atoms with Gasteiger partial charge in [0.15, 0.2) is 11.2 Å². The monoisotopic (exact) mass is 558 g/mol. The van der Waals surface area contributed by atoms with Crippen LogP contribution in [0.2, 0.25) is 0 Å². The topological polar surface area (TPSA) is 129 Å². The van der Waals surface area contributed by atoms with Crippen LogP contribution in [0, 0.1) is 11.8 Å². The molecule has 1 aliphatic rings. The molecule has 1 saturated heterocycles. The molecule has 0 aliphatic carbocycles. The number of piperidine rings is 1. The van der Waals surface area contributed by atoms with Crippen LogP contribution < -0.4 is 21.5 Å². The molecule has 12 nitrogen and oxygen atoms in total. The minimum Gasteiger partial charge on any atom is -0.444 e. The maximum atomic E-state index is 13.9. The molecule has 1 N–H and O–H groups in total. The lowest BCUT2D eigenvalue weighted by Gasteiger charge is -2.34. The third-order valence-corrected chi connectivity index (χ3v) is 6.93. The highest BCUT2D eigenvalue weighted by Gasteiger charge is 2.29. The van der Waals surface area contributed by atoms with Gasteiger partial charge in [-0.1, -0.05) is 12.0 Å². The first kappa shape index (κ1) is 27.9. The summed E-state index contributed by atoms with van der Waals surface area (Å²) in [6.07, 6.45) is 4.33. The van der Waals surface area contributed by atoms with Crippen molar-refractivity contribution in [2.24, 2.45) is 7.05 Å². The van der Waals surface area contributed by atoms with Crippen molar-refractivity contribution in [1.29, 1.82) is 0 Å². The Hall–Kier alpha value is -4.66. The molecule has 1 aromatic carbocycles. The van der Waals surface area contributed by atoms with Gasteiger partial charge in [0.25, 0.3) is 5.56 Å². The summed E-state index contributed by atoms with van der Waals surface area (Å²) >= 11 is 0. The number of carbonyl (C=O) groups is 1. The number of benzene rings is 1. The normalized spacial score (nSPS) is 15.5. The summed E-state index contributed by atoms with van der Waals surface area (Å²) in [6.45, 7) is 8.64. The lowest BCUT2D eigenvalue weighted by molar-refractivity contribution is 0.0499. The van der Waals surface area contributed by atoms with E-state index in [1.165, 1.54) is 9.13 Å². The number of hydrogen-bond acceptors (Lipinski definition) is 8. The van der Waals surface area contributed by atoms with Crippen molar-refractivity contribution in [3.63, 3.8) is 0 Å². The zero-order valence-electron chi connectivity index (χ0n) is 24.0. The molecule has 1 fully saturated rings. The van der Waals surface area contributed by atoms with Gasteiger partial charge in [-0.2, -0.15) is 4.98 Å². The van der Waals surface area contributed by atoms with Crippen molar-refractivity contribution in [2.45, 2.75) is 65.3 Å². The van der Waals surface area contributed by atoms with E-state index in [1.54, 1.807) is 30.9 Å². The fraction of sp³-hybridized carbons (Fsp3) is 0.448. The Bertz CT molecular complexity index is 1800. The van der Waals surface area contributed by atoms with Crippen molar-refractivity contribution >= 4 is 34.2 Å². The lowest BCUT2D eigenvalue weighted by atomic mass is 10.1. The predicted octanol–water partition coefficient (Wildman–Crippen LogP) is 2.41. The third-order valence-electron chi connectivity index (χ3n) is 6.93. The molecule has 0 bridgehead atoms. The van der Waals surface area contributed by atoms with Gasteiger partial charge in [0.1, 0.15) is 5.60 Å². The molecule has 3 aromatic heterocycles. The SMILES string of the molecule is CC#CCn1c(N2CCCC(NC(=O)OC(C)(C)C)C2)nc2c1c(=O)n(Cc1ccc3nccnc3c1)c(=O)n2C. The van der Waals surface area contributed by atoms with Crippen LogP contribution in [-0.4, -0.2) is 59.5 Å². The Morgan fingerprint density at radius 3 is 2.63 bits per heavy atom. The summed E-state index contributed by atoms with van der Waals surface area (Å²) in [7, 11) is 1.61. The highest BCUT2D eigenvalue weighted by Crippen LogP contribution is 2.24. The first-order valence-corrected chi connectivity index (χ1v) is 13.6. The quantitative estimate of drug-likeness (QED) is 0.370. The Morgan fingerprint density at radius 2 is 1.90 bits per heavy atom. The highest BCUT2D eigenvalue weighted by atomic mass is 16.6. The Balaban J connectivity index is 1.54. The van der Waals surface area contributed by atoms with Crippen LogP contribution in [0.3, 0.4) is 0 Å². The molecule has 12 heteroatoms. The van der Waals surface area contributed by atoms with Gasteiger partial charge in [-0.05, 0) is 58.2 Å². The molecule has 1 amide bonds. The van der Waals surface area contributed by atoms with E-state index in [1.807, 2.05) is 43.9 Å². The van der Waals surface area contributed by atoms with Crippen LogP contribution in [-0.2, 0) is 24.9 Å². The first-order chi connectivity index (χ1) is 19.6. The number of amides is 1. The second-order valence-corrected chi connectivity index (χ2v) is 11.1. The van der Waals surface area contributed by atoms with Gasteiger partial charge in [0, 0.05) is 38.6 Å². The zero-order valence-corrected chi connectivity index (χ0v) is 24.0. The summed E-state index contributed by atoms with van der Waals surface area (Å²) < 4.78 is 9.82. The number of ether oxygens (including phenoxy) is 1. The number of alkyl carbamates (subject to hydrolysis) is 1. The van der Waals surface area contributed by atoms with Gasteiger partial charge >= 0.3 is 11.8 Å². The predicted molar refractivity (Wildman–Crippen MR) is 156 cm³/mol. The van der Waals surface area contributed by atoms with Crippen LogP contribution in [0.15, 0.2) is 40.2 Å². The van der Waals surface area contributed by atoms with Crippen molar-refractivity contribution < 1.29 is 9.53 Å². The molecule has 214 valence electrons. The number of aromatic nitrogens is 6. The molecule has 0 spiro atoms. The van der Waals surface area contributed by atoms with Gasteiger partial charge < -0.3 is 15.0 Å². The van der Waals surface area contributed by atoms with Crippen molar-refractivity contribution in [2.75, 3.05) is 18.0 Å². The van der Waals surface area contributed by atoms with E-state index in [9.17, 15) is 14.4 Å². The van der Waals surface area contributed by atoms with Crippen molar-refractivity contribution in [3.05, 3.63) is 57.0 Å². The Morgan fingerprint density at radius 1 is 1.15 bits per heavy atom. The van der Waals surface area contributed by atoms with Crippen LogP contribution in [0.4, 0.5) is 10.7 Å². The average Bonchev–Trinajstić information content (AvgIpc) is 3.32. The number of imidazole rings is 1.